The van der Waals surface area contributed by atoms with Crippen LogP contribution in [0, 0.1) is 0 Å². The third-order valence-corrected chi connectivity index (χ3v) is 1.57. The number of hydrogen-bond acceptors (Lipinski definition) is 1. The fourth-order valence-corrected chi connectivity index (χ4v) is 1.08. The van der Waals surface area contributed by atoms with Crippen molar-refractivity contribution in [2.45, 2.75) is 38.2 Å². The largest absolute Gasteiger partial charge is 0.393 e. The molecule has 7 heavy (non-hydrogen) atoms. The second-order valence-corrected chi connectivity index (χ2v) is 2.29. The molecule has 1 aliphatic rings. The highest BCUT2D eigenvalue weighted by atomic mass is 18.2. The first-order valence-electron chi connectivity index (χ1n) is 3.07. The Morgan fingerprint density at radius 1 is 1.00 bits per heavy atom. The maximum absolute atomic E-state index is 8.91. The molecule has 0 saturated heterocycles. The van der Waals surface area contributed by atoms with Crippen LogP contribution >= 0.6 is 0 Å². The quantitative estimate of drug-likeness (QED) is 0.457. The smallest absolute Gasteiger partial charge is 0.0540 e. The van der Waals surface area contributed by atoms with Crippen molar-refractivity contribution < 1.29 is 5.11 Å². The lowest BCUT2D eigenvalue weighted by molar-refractivity contribution is 0.130. The maximum atomic E-state index is 8.91. The van der Waals surface area contributed by atoms with Crippen molar-refractivity contribution in [1.82, 2.24) is 0 Å². The minimum absolute atomic E-state index is 0.0359. The summed E-state index contributed by atoms with van der Waals surface area (Å²) in [6.45, 7) is 0. The molecule has 0 spiro atoms. The van der Waals surface area contributed by atoms with Gasteiger partial charge in [-0.25, -0.2) is 0 Å². The molecule has 0 aliphatic heterocycles. The van der Waals surface area contributed by atoms with E-state index in [1.807, 2.05) is 0 Å². The van der Waals surface area contributed by atoms with Crippen molar-refractivity contribution >= 4 is 0 Å². The Morgan fingerprint density at radius 3 is 1.86 bits per heavy atom. The zero-order chi connectivity index (χ0) is 5.11. The van der Waals surface area contributed by atoms with Crippen molar-refractivity contribution in [2.75, 3.05) is 0 Å². The first-order valence-corrected chi connectivity index (χ1v) is 3.07. The van der Waals surface area contributed by atoms with E-state index in [4.69, 9.17) is 5.11 Å². The predicted molar refractivity (Wildman–Crippen MR) is 29.1 cm³/mol. The molecule has 1 rings (SSSR count). The summed E-state index contributed by atoms with van der Waals surface area (Å²) in [4.78, 5) is 0. The lowest BCUT2D eigenvalue weighted by Gasteiger charge is -2.14. The van der Waals surface area contributed by atoms with Crippen LogP contribution in [-0.2, 0) is 0 Å². The van der Waals surface area contributed by atoms with Gasteiger partial charge in [-0.1, -0.05) is 19.3 Å². The molecule has 42 valence electrons. The van der Waals surface area contributed by atoms with Gasteiger partial charge in [-0.3, -0.25) is 0 Å². The molecule has 0 amide bonds. The summed E-state index contributed by atoms with van der Waals surface area (Å²) in [6.07, 6.45) is 5.92. The summed E-state index contributed by atoms with van der Waals surface area (Å²) < 4.78 is 0. The molecule has 0 aromatic heterocycles. The molecule has 1 nitrogen and oxygen atoms in total. The van der Waals surface area contributed by atoms with Gasteiger partial charge >= 0.3 is 0 Å². The zero-order valence-electron chi connectivity index (χ0n) is 4.56. The van der Waals surface area contributed by atoms with Crippen molar-refractivity contribution in [3.8, 4) is 0 Å². The van der Waals surface area contributed by atoms with E-state index < -0.39 is 0 Å². The van der Waals surface area contributed by atoms with Crippen LogP contribution in [0.25, 0.3) is 0 Å². The average molecular weight is 102 g/mol. The van der Waals surface area contributed by atoms with Crippen molar-refractivity contribution in [3.05, 3.63) is 0 Å². The standard InChI is InChI=1S/C6H12O/c7-6-4-2-1-3-5-6/h6-7H,1-5H2/i7+2. The van der Waals surface area contributed by atoms with Crippen LogP contribution in [0.1, 0.15) is 32.1 Å². The third kappa shape index (κ3) is 1.48. The Hall–Kier alpha value is -0.0400. The SMILES string of the molecule is [18OH]C1CCCCC1. The molecule has 1 fully saturated rings. The van der Waals surface area contributed by atoms with Gasteiger partial charge in [0.25, 0.3) is 0 Å². The molecule has 0 aromatic carbocycles. The number of rotatable bonds is 0. The van der Waals surface area contributed by atoms with E-state index in [9.17, 15) is 0 Å². The van der Waals surface area contributed by atoms with E-state index >= 15 is 0 Å². The van der Waals surface area contributed by atoms with Crippen LogP contribution in [0.3, 0.4) is 0 Å². The fraction of sp³-hybridized carbons (Fsp3) is 1.00. The van der Waals surface area contributed by atoms with Gasteiger partial charge in [0.1, 0.15) is 0 Å². The van der Waals surface area contributed by atoms with Crippen molar-refractivity contribution in [1.29, 1.82) is 0 Å². The van der Waals surface area contributed by atoms with Gasteiger partial charge in [0.05, 0.1) is 6.10 Å². The number of aliphatic hydroxyl groups excluding tert-OH is 1. The summed E-state index contributed by atoms with van der Waals surface area (Å²) in [5.74, 6) is 0. The first-order chi connectivity index (χ1) is 3.39. The summed E-state index contributed by atoms with van der Waals surface area (Å²) in [5, 5.41) is 8.91. The molecule has 1 heteroatoms. The highest BCUT2D eigenvalue weighted by Gasteiger charge is 2.07. The van der Waals surface area contributed by atoms with E-state index in [1.165, 1.54) is 19.3 Å². The minimum Gasteiger partial charge on any atom is -0.393 e. The summed E-state index contributed by atoms with van der Waals surface area (Å²) >= 11 is 0. The van der Waals surface area contributed by atoms with Gasteiger partial charge in [0.2, 0.25) is 0 Å². The van der Waals surface area contributed by atoms with E-state index in [2.05, 4.69) is 0 Å². The maximum Gasteiger partial charge on any atom is 0.0540 e. The predicted octanol–water partition coefficient (Wildman–Crippen LogP) is 1.31. The average Bonchev–Trinajstić information content (AvgIpc) is 1.69. The van der Waals surface area contributed by atoms with E-state index in [0.29, 0.717) is 0 Å². The topological polar surface area (TPSA) is 20.2 Å². The number of hydrogen-bond donors (Lipinski definition) is 1. The molecule has 0 aromatic rings. The van der Waals surface area contributed by atoms with Gasteiger partial charge in [-0.15, -0.1) is 0 Å². The Morgan fingerprint density at radius 2 is 1.57 bits per heavy atom. The van der Waals surface area contributed by atoms with Crippen molar-refractivity contribution in [3.63, 3.8) is 0 Å². The minimum atomic E-state index is 0.0359. The zero-order valence-corrected chi connectivity index (χ0v) is 4.56. The molecular formula is C6H12O. The van der Waals surface area contributed by atoms with Crippen LogP contribution in [0.5, 0.6) is 0 Å². The van der Waals surface area contributed by atoms with Gasteiger partial charge in [0, 0.05) is 0 Å². The summed E-state index contributed by atoms with van der Waals surface area (Å²) in [6, 6.07) is 0. The van der Waals surface area contributed by atoms with E-state index in [1.54, 1.807) is 0 Å². The molecule has 0 heterocycles. The van der Waals surface area contributed by atoms with Crippen LogP contribution < -0.4 is 0 Å². The third-order valence-electron chi connectivity index (χ3n) is 1.57. The lowest BCUT2D eigenvalue weighted by Crippen LogP contribution is -2.09. The molecule has 1 N–H and O–H groups in total. The highest BCUT2D eigenvalue weighted by Crippen LogP contribution is 2.16. The fourth-order valence-electron chi connectivity index (χ4n) is 1.08. The second-order valence-electron chi connectivity index (χ2n) is 2.29. The van der Waals surface area contributed by atoms with E-state index in [-0.39, 0.29) is 6.10 Å². The Bertz CT molecular complexity index is 46.1. The Labute approximate surface area is 44.4 Å². The van der Waals surface area contributed by atoms with Crippen LogP contribution in [0.4, 0.5) is 0 Å². The molecule has 0 atom stereocenters. The van der Waals surface area contributed by atoms with Crippen LogP contribution in [-0.4, -0.2) is 11.2 Å². The molecule has 0 bridgehead atoms. The summed E-state index contributed by atoms with van der Waals surface area (Å²) in [7, 11) is 0. The molecular weight excluding hydrogens is 90.1 g/mol. The summed E-state index contributed by atoms with van der Waals surface area (Å²) in [5.41, 5.74) is 0. The van der Waals surface area contributed by atoms with Crippen LogP contribution in [0.2, 0.25) is 0 Å². The molecule has 1 saturated carbocycles. The molecule has 1 aliphatic carbocycles. The van der Waals surface area contributed by atoms with Gasteiger partial charge in [0.15, 0.2) is 0 Å². The van der Waals surface area contributed by atoms with E-state index in [0.717, 1.165) is 12.8 Å². The molecule has 0 unspecified atom stereocenters. The first kappa shape index (κ1) is 5.10. The van der Waals surface area contributed by atoms with Crippen LogP contribution in [0.15, 0.2) is 0 Å². The lowest BCUT2D eigenvalue weighted by atomic mass is 9.99. The molecule has 0 radical (unpaired) electrons. The highest BCUT2D eigenvalue weighted by molar-refractivity contribution is 4.61. The normalized spacial score (nSPS) is 25.3. The van der Waals surface area contributed by atoms with Gasteiger partial charge < -0.3 is 5.11 Å². The second kappa shape index (κ2) is 2.31. The number of aliphatic hydroxyl groups is 1. The van der Waals surface area contributed by atoms with Gasteiger partial charge in [-0.2, -0.15) is 0 Å². The monoisotopic (exact) mass is 102 g/mol. The van der Waals surface area contributed by atoms with Crippen molar-refractivity contribution in [2.24, 2.45) is 0 Å². The van der Waals surface area contributed by atoms with Gasteiger partial charge in [-0.05, 0) is 12.8 Å². The Kier molecular flexibility index (Phi) is 1.69. The Balaban J connectivity index is 2.12.